The molecular formula is C35H52N4O6. The maximum atomic E-state index is 13.1. The monoisotopic (exact) mass is 624 g/mol. The molecule has 2 aliphatic rings. The zero-order valence-electron chi connectivity index (χ0n) is 27.9. The van der Waals surface area contributed by atoms with Crippen molar-refractivity contribution in [1.82, 2.24) is 20.6 Å². The van der Waals surface area contributed by atoms with Crippen molar-refractivity contribution >= 4 is 28.8 Å². The lowest BCUT2D eigenvalue weighted by molar-refractivity contribution is -0.125. The highest BCUT2D eigenvalue weighted by Gasteiger charge is 2.54. The van der Waals surface area contributed by atoms with Gasteiger partial charge in [-0.25, -0.2) is 14.8 Å². The SMILES string of the molecule is CC[C@H](CCNC(=O)[C@@H](NC(=O)OC1C[C@H]2C[C@H]2[C@H]1CCCCCc1nc2ccc(OC)cc2nc1O)C(C)(C)C)CC(C)=O. The third-order valence-corrected chi connectivity index (χ3v) is 9.57. The van der Waals surface area contributed by atoms with E-state index in [2.05, 4.69) is 27.5 Å². The van der Waals surface area contributed by atoms with Crippen molar-refractivity contribution in [3.63, 3.8) is 0 Å². The molecule has 2 aromatic rings. The van der Waals surface area contributed by atoms with Crippen LogP contribution in [0.25, 0.3) is 11.0 Å². The lowest BCUT2D eigenvalue weighted by atomic mass is 9.86. The van der Waals surface area contributed by atoms with E-state index in [-0.39, 0.29) is 29.6 Å². The minimum Gasteiger partial charge on any atom is -0.497 e. The fourth-order valence-electron chi connectivity index (χ4n) is 6.88. The second-order valence-corrected chi connectivity index (χ2v) is 14.2. The van der Waals surface area contributed by atoms with Gasteiger partial charge in [0.05, 0.1) is 18.1 Å². The summed E-state index contributed by atoms with van der Waals surface area (Å²) in [6.45, 7) is 9.89. The zero-order valence-corrected chi connectivity index (χ0v) is 27.9. The Labute approximate surface area is 267 Å². The summed E-state index contributed by atoms with van der Waals surface area (Å²) in [7, 11) is 1.59. The molecule has 248 valence electrons. The summed E-state index contributed by atoms with van der Waals surface area (Å²) in [5.74, 6) is 2.37. The van der Waals surface area contributed by atoms with Crippen LogP contribution < -0.4 is 15.4 Å². The van der Waals surface area contributed by atoms with E-state index in [0.29, 0.717) is 54.1 Å². The number of nitrogens with zero attached hydrogens (tertiary/aromatic N) is 2. The average Bonchev–Trinajstić information content (AvgIpc) is 3.66. The Kier molecular flexibility index (Phi) is 11.7. The topological polar surface area (TPSA) is 140 Å². The largest absolute Gasteiger partial charge is 0.497 e. The van der Waals surface area contributed by atoms with Gasteiger partial charge in [-0.05, 0) is 86.7 Å². The molecular weight excluding hydrogens is 572 g/mol. The van der Waals surface area contributed by atoms with E-state index in [1.165, 1.54) is 6.42 Å². The number of methoxy groups -OCH3 is 1. The third kappa shape index (κ3) is 9.53. The van der Waals surface area contributed by atoms with Gasteiger partial charge in [-0.15, -0.1) is 0 Å². The number of benzene rings is 1. The van der Waals surface area contributed by atoms with Crippen molar-refractivity contribution in [3.8, 4) is 11.6 Å². The van der Waals surface area contributed by atoms with E-state index < -0.39 is 17.6 Å². The molecule has 1 heterocycles. The van der Waals surface area contributed by atoms with Crippen LogP contribution in [-0.2, 0) is 20.7 Å². The van der Waals surface area contributed by atoms with Crippen molar-refractivity contribution in [3.05, 3.63) is 23.9 Å². The van der Waals surface area contributed by atoms with Crippen LogP contribution >= 0.6 is 0 Å². The van der Waals surface area contributed by atoms with Crippen LogP contribution in [0, 0.1) is 29.1 Å². The quantitative estimate of drug-likeness (QED) is 0.190. The Hall–Kier alpha value is -3.43. The zero-order chi connectivity index (χ0) is 32.7. The Morgan fingerprint density at radius 1 is 1.09 bits per heavy atom. The van der Waals surface area contributed by atoms with Crippen LogP contribution in [0.3, 0.4) is 0 Å². The van der Waals surface area contributed by atoms with Gasteiger partial charge in [0.15, 0.2) is 0 Å². The summed E-state index contributed by atoms with van der Waals surface area (Å²) in [6.07, 6.45) is 8.03. The molecule has 10 nitrogen and oxygen atoms in total. The lowest BCUT2D eigenvalue weighted by Gasteiger charge is -2.31. The molecule has 45 heavy (non-hydrogen) atoms. The molecule has 0 spiro atoms. The number of rotatable bonds is 16. The van der Waals surface area contributed by atoms with Gasteiger partial charge in [0.2, 0.25) is 11.8 Å². The molecule has 2 fully saturated rings. The first kappa shape index (κ1) is 34.4. The van der Waals surface area contributed by atoms with Crippen LogP contribution in [0.4, 0.5) is 4.79 Å². The van der Waals surface area contributed by atoms with Gasteiger partial charge in [0, 0.05) is 19.0 Å². The van der Waals surface area contributed by atoms with Gasteiger partial charge in [0.25, 0.3) is 0 Å². The maximum absolute atomic E-state index is 13.1. The van der Waals surface area contributed by atoms with Crippen molar-refractivity contribution in [1.29, 1.82) is 0 Å². The highest BCUT2D eigenvalue weighted by atomic mass is 16.6. The second-order valence-electron chi connectivity index (χ2n) is 14.2. The molecule has 6 atom stereocenters. The average molecular weight is 625 g/mol. The molecule has 1 aromatic heterocycles. The summed E-state index contributed by atoms with van der Waals surface area (Å²) >= 11 is 0. The molecule has 0 radical (unpaired) electrons. The van der Waals surface area contributed by atoms with E-state index >= 15 is 0 Å². The van der Waals surface area contributed by atoms with Crippen LogP contribution in [0.1, 0.15) is 98.1 Å². The number of nitrogens with one attached hydrogen (secondary N) is 2. The summed E-state index contributed by atoms with van der Waals surface area (Å²) in [5.41, 5.74) is 1.44. The number of fused-ring (bicyclic) bond motifs is 2. The van der Waals surface area contributed by atoms with E-state index in [4.69, 9.17) is 9.47 Å². The fourth-order valence-corrected chi connectivity index (χ4v) is 6.88. The Balaban J connectivity index is 1.23. The summed E-state index contributed by atoms with van der Waals surface area (Å²) < 4.78 is 11.2. The minimum absolute atomic E-state index is 0.0350. The van der Waals surface area contributed by atoms with Gasteiger partial charge in [-0.3, -0.25) is 4.79 Å². The van der Waals surface area contributed by atoms with Gasteiger partial charge in [-0.2, -0.15) is 0 Å². The molecule has 0 bridgehead atoms. The normalized spacial score (nSPS) is 21.9. The molecule has 3 N–H and O–H groups in total. The smallest absolute Gasteiger partial charge is 0.408 e. The van der Waals surface area contributed by atoms with Gasteiger partial charge in [0.1, 0.15) is 29.4 Å². The van der Waals surface area contributed by atoms with E-state index in [1.807, 2.05) is 32.9 Å². The molecule has 4 rings (SSSR count). The number of carbonyl (C=O) groups is 3. The second kappa shape index (κ2) is 15.2. The predicted octanol–water partition coefficient (Wildman–Crippen LogP) is 6.12. The molecule has 1 unspecified atom stereocenters. The van der Waals surface area contributed by atoms with Crippen LogP contribution in [0.15, 0.2) is 18.2 Å². The number of amides is 2. The first-order chi connectivity index (χ1) is 21.4. The van der Waals surface area contributed by atoms with Crippen molar-refractivity contribution in [2.45, 2.75) is 111 Å². The number of alkyl carbamates (subject to hydrolysis) is 1. The van der Waals surface area contributed by atoms with E-state index in [0.717, 1.165) is 50.5 Å². The predicted molar refractivity (Wildman–Crippen MR) is 173 cm³/mol. The number of ether oxygens (including phenoxy) is 2. The number of aryl methyl sites for hydroxylation is 1. The minimum atomic E-state index is -0.732. The van der Waals surface area contributed by atoms with Crippen LogP contribution in [0.2, 0.25) is 0 Å². The molecule has 0 aliphatic heterocycles. The Morgan fingerprint density at radius 2 is 1.87 bits per heavy atom. The fraction of sp³-hybridized carbons (Fsp3) is 0.686. The Bertz CT molecular complexity index is 1340. The number of aromatic hydroxyl groups is 1. The molecule has 2 amide bonds. The molecule has 1 aromatic carbocycles. The number of ketones is 1. The lowest BCUT2D eigenvalue weighted by Crippen LogP contribution is -2.54. The van der Waals surface area contributed by atoms with Crippen LogP contribution in [-0.4, -0.2) is 58.7 Å². The highest BCUT2D eigenvalue weighted by Crippen LogP contribution is 2.57. The molecule has 0 saturated heterocycles. The van der Waals surface area contributed by atoms with E-state index in [9.17, 15) is 19.5 Å². The first-order valence-electron chi connectivity index (χ1n) is 16.7. The summed E-state index contributed by atoms with van der Waals surface area (Å²) in [4.78, 5) is 46.6. The third-order valence-electron chi connectivity index (χ3n) is 9.57. The van der Waals surface area contributed by atoms with Gasteiger partial charge >= 0.3 is 6.09 Å². The highest BCUT2D eigenvalue weighted by molar-refractivity contribution is 5.86. The van der Waals surface area contributed by atoms with Crippen molar-refractivity contribution < 1.29 is 29.0 Å². The number of unbranched alkanes of at least 4 members (excludes halogenated alkanes) is 2. The number of hydrogen-bond donors (Lipinski definition) is 3. The number of hydrogen-bond acceptors (Lipinski definition) is 8. The summed E-state index contributed by atoms with van der Waals surface area (Å²) in [5, 5.41) is 16.2. The number of Topliss-reactive ketones (excluding diaryl/α,β-unsaturated/α-hetero) is 1. The first-order valence-corrected chi connectivity index (χ1v) is 16.7. The van der Waals surface area contributed by atoms with Gasteiger partial charge in [-0.1, -0.05) is 47.0 Å². The van der Waals surface area contributed by atoms with E-state index in [1.54, 1.807) is 20.1 Å². The number of carbonyl (C=O) groups excluding carboxylic acids is 3. The molecule has 2 aliphatic carbocycles. The maximum Gasteiger partial charge on any atom is 0.408 e. The molecule has 2 saturated carbocycles. The summed E-state index contributed by atoms with van der Waals surface area (Å²) in [6, 6.07) is 4.72. The van der Waals surface area contributed by atoms with Gasteiger partial charge < -0.3 is 30.0 Å². The van der Waals surface area contributed by atoms with Crippen molar-refractivity contribution in [2.75, 3.05) is 13.7 Å². The number of aromatic nitrogens is 2. The Morgan fingerprint density at radius 3 is 2.56 bits per heavy atom. The standard InChI is InChI=1S/C35H52N4O6/c1-7-22(17-21(2)40)15-16-36-33(42)31(35(3,4)5)39-34(43)45-30-19-23-18-26(23)25(30)11-9-8-10-12-28-32(41)38-29-20-24(44-6)13-14-27(29)37-28/h13-14,20,22-23,25-26,30-31H,7-12,15-19H2,1-6H3,(H,36,42)(H,38,41)(H,39,43)/t22-,23-,25-,26-,30?,31-/m1/s1. The van der Waals surface area contributed by atoms with Crippen molar-refractivity contribution in [2.24, 2.45) is 29.1 Å². The van der Waals surface area contributed by atoms with Crippen LogP contribution in [0.5, 0.6) is 11.6 Å². The molecule has 10 heteroatoms.